The minimum atomic E-state index is -0.300. The molecule has 204 valence electrons. The Morgan fingerprint density at radius 3 is 2.79 bits per heavy atom. The lowest BCUT2D eigenvalue weighted by atomic mass is 10.0. The van der Waals surface area contributed by atoms with E-state index < -0.39 is 0 Å². The van der Waals surface area contributed by atoms with E-state index in [1.807, 2.05) is 25.4 Å². The molecule has 0 bridgehead atoms. The molecule has 2 aliphatic heterocycles. The number of anilines is 4. The molecule has 2 saturated carbocycles. The number of ether oxygens (including phenoxy) is 1. The number of carbonyl (C=O) groups is 2. The molecule has 10 nitrogen and oxygen atoms in total. The zero-order valence-corrected chi connectivity index (χ0v) is 22.5. The Kier molecular flexibility index (Phi) is 6.62. The van der Waals surface area contributed by atoms with Crippen molar-refractivity contribution in [2.45, 2.75) is 44.6 Å². The Morgan fingerprint density at radius 2 is 2.08 bits per heavy atom. The van der Waals surface area contributed by atoms with E-state index in [2.05, 4.69) is 25.8 Å². The second-order valence-corrected chi connectivity index (χ2v) is 10.9. The molecule has 6 rings (SSSR count). The molecule has 2 amide bonds. The van der Waals surface area contributed by atoms with Gasteiger partial charge in [-0.3, -0.25) is 9.59 Å². The van der Waals surface area contributed by atoms with Crippen LogP contribution in [0, 0.1) is 5.41 Å². The summed E-state index contributed by atoms with van der Waals surface area (Å²) in [5, 5.41) is 9.38. The number of nitrogens with zero attached hydrogens (tertiary/aromatic N) is 4. The molecule has 39 heavy (non-hydrogen) atoms. The number of fused-ring (bicyclic) bond motifs is 1. The lowest BCUT2D eigenvalue weighted by Gasteiger charge is -2.31. The Labute approximate surface area is 228 Å². The third-order valence-electron chi connectivity index (χ3n) is 8.30. The first kappa shape index (κ1) is 25.2. The Hall–Kier alpha value is -4.08. The molecule has 4 aliphatic rings. The molecule has 3 heterocycles. The number of dihydropyridines is 1. The molecule has 2 fully saturated rings. The van der Waals surface area contributed by atoms with Crippen LogP contribution in [-0.2, 0) is 4.79 Å². The van der Waals surface area contributed by atoms with Gasteiger partial charge in [-0.15, -0.1) is 0 Å². The molecular formula is C29H35N7O3. The predicted molar refractivity (Wildman–Crippen MR) is 151 cm³/mol. The zero-order valence-electron chi connectivity index (χ0n) is 22.5. The Bertz CT molecular complexity index is 1340. The number of hydrogen-bond donors (Lipinski definition) is 3. The summed E-state index contributed by atoms with van der Waals surface area (Å²) in [5.74, 6) is 1.72. The number of hydrogen-bond acceptors (Lipinski definition) is 8. The van der Waals surface area contributed by atoms with Gasteiger partial charge in [-0.05, 0) is 61.7 Å². The lowest BCUT2D eigenvalue weighted by Crippen LogP contribution is -2.41. The van der Waals surface area contributed by atoms with Gasteiger partial charge in [-0.2, -0.15) is 4.98 Å². The average Bonchev–Trinajstić information content (AvgIpc) is 3.58. The molecule has 1 aromatic heterocycles. The van der Waals surface area contributed by atoms with E-state index in [9.17, 15) is 9.59 Å². The minimum Gasteiger partial charge on any atom is -0.495 e. The SMILES string of the molecule is COc1cc(C(=O)NCC2=CC=CNC2)ccc1Nc1ncc2c(n1)N(C1CCCC1)CC1(CC1)C(=O)N2C. The second kappa shape index (κ2) is 10.2. The van der Waals surface area contributed by atoms with Crippen LogP contribution in [0.4, 0.5) is 23.1 Å². The smallest absolute Gasteiger partial charge is 0.251 e. The number of methoxy groups -OCH3 is 1. The fourth-order valence-corrected chi connectivity index (χ4v) is 5.82. The van der Waals surface area contributed by atoms with Gasteiger partial charge in [0, 0.05) is 38.3 Å². The van der Waals surface area contributed by atoms with E-state index >= 15 is 0 Å². The van der Waals surface area contributed by atoms with E-state index in [0.29, 0.717) is 48.6 Å². The molecule has 3 N–H and O–H groups in total. The predicted octanol–water partition coefficient (Wildman–Crippen LogP) is 3.51. The second-order valence-electron chi connectivity index (χ2n) is 10.9. The van der Waals surface area contributed by atoms with E-state index in [0.717, 1.165) is 42.8 Å². The summed E-state index contributed by atoms with van der Waals surface area (Å²) in [5.41, 5.74) is 2.71. The number of amides is 2. The monoisotopic (exact) mass is 529 g/mol. The van der Waals surface area contributed by atoms with Crippen LogP contribution in [0.15, 0.2) is 48.3 Å². The molecule has 1 spiro atoms. The van der Waals surface area contributed by atoms with Crippen LogP contribution in [0.1, 0.15) is 48.9 Å². The maximum atomic E-state index is 13.3. The fraction of sp³-hybridized carbons (Fsp3) is 0.448. The summed E-state index contributed by atoms with van der Waals surface area (Å²) in [6.07, 6.45) is 14.0. The minimum absolute atomic E-state index is 0.164. The average molecular weight is 530 g/mol. The highest BCUT2D eigenvalue weighted by atomic mass is 16.5. The first-order valence-electron chi connectivity index (χ1n) is 13.7. The van der Waals surface area contributed by atoms with Crippen molar-refractivity contribution in [3.63, 3.8) is 0 Å². The molecule has 1 aromatic carbocycles. The van der Waals surface area contributed by atoms with Crippen LogP contribution in [0.2, 0.25) is 0 Å². The van der Waals surface area contributed by atoms with Crippen molar-refractivity contribution in [1.29, 1.82) is 0 Å². The summed E-state index contributed by atoms with van der Waals surface area (Å²) < 4.78 is 5.61. The molecule has 0 unspecified atom stereocenters. The van der Waals surface area contributed by atoms with Crippen molar-refractivity contribution < 1.29 is 14.3 Å². The third kappa shape index (κ3) is 4.91. The number of rotatable bonds is 7. The van der Waals surface area contributed by atoms with Gasteiger partial charge in [0.15, 0.2) is 5.82 Å². The van der Waals surface area contributed by atoms with Gasteiger partial charge >= 0.3 is 0 Å². The topological polar surface area (TPSA) is 112 Å². The summed E-state index contributed by atoms with van der Waals surface area (Å²) in [7, 11) is 3.41. The Balaban J connectivity index is 1.24. The summed E-state index contributed by atoms with van der Waals surface area (Å²) in [6, 6.07) is 5.65. The molecule has 0 atom stereocenters. The van der Waals surface area contributed by atoms with Crippen molar-refractivity contribution in [1.82, 2.24) is 20.6 Å². The number of carbonyl (C=O) groups excluding carboxylic acids is 2. The van der Waals surface area contributed by atoms with E-state index in [1.165, 1.54) is 12.8 Å². The quantitative estimate of drug-likeness (QED) is 0.500. The van der Waals surface area contributed by atoms with Crippen LogP contribution in [0.25, 0.3) is 0 Å². The van der Waals surface area contributed by atoms with Crippen molar-refractivity contribution in [3.05, 3.63) is 53.9 Å². The molecular weight excluding hydrogens is 494 g/mol. The maximum absolute atomic E-state index is 13.3. The molecule has 2 aromatic rings. The standard InChI is InChI=1S/C29H35N7O3/c1-35-23-17-32-28(34-25(23)36(21-7-3-4-8-21)18-29(11-12-29)27(35)38)33-22-10-9-20(14-24(22)39-2)26(37)31-16-19-6-5-13-30-15-19/h5-6,9-10,13-14,17,21,30H,3-4,7-8,11-12,15-16,18H2,1-2H3,(H,31,37)(H,32,33,34). The number of aromatic nitrogens is 2. The van der Waals surface area contributed by atoms with E-state index in [1.54, 1.807) is 36.4 Å². The van der Waals surface area contributed by atoms with Gasteiger partial charge in [0.25, 0.3) is 5.91 Å². The Morgan fingerprint density at radius 1 is 1.26 bits per heavy atom. The van der Waals surface area contributed by atoms with Gasteiger partial charge in [-0.1, -0.05) is 18.9 Å². The number of benzene rings is 1. The largest absolute Gasteiger partial charge is 0.495 e. The van der Waals surface area contributed by atoms with Gasteiger partial charge in [0.1, 0.15) is 11.4 Å². The van der Waals surface area contributed by atoms with Crippen LogP contribution >= 0.6 is 0 Å². The highest BCUT2D eigenvalue weighted by Crippen LogP contribution is 2.52. The first-order chi connectivity index (χ1) is 19.0. The molecule has 0 radical (unpaired) electrons. The summed E-state index contributed by atoms with van der Waals surface area (Å²) in [4.78, 5) is 39.7. The molecule has 0 saturated heterocycles. The maximum Gasteiger partial charge on any atom is 0.251 e. The van der Waals surface area contributed by atoms with Crippen LogP contribution < -0.4 is 30.5 Å². The van der Waals surface area contributed by atoms with Crippen LogP contribution in [0.3, 0.4) is 0 Å². The van der Waals surface area contributed by atoms with Gasteiger partial charge in [-0.25, -0.2) is 4.98 Å². The highest BCUT2D eigenvalue weighted by molar-refractivity contribution is 6.03. The normalized spacial score (nSPS) is 19.7. The summed E-state index contributed by atoms with van der Waals surface area (Å²) in [6.45, 7) is 1.89. The zero-order chi connectivity index (χ0) is 27.0. The molecule has 2 aliphatic carbocycles. The van der Waals surface area contributed by atoms with Gasteiger partial charge in [0.2, 0.25) is 11.9 Å². The van der Waals surface area contributed by atoms with Crippen molar-refractivity contribution in [2.24, 2.45) is 5.41 Å². The number of allylic oxidation sites excluding steroid dienone is 2. The van der Waals surface area contributed by atoms with Crippen LogP contribution in [0.5, 0.6) is 5.75 Å². The van der Waals surface area contributed by atoms with Gasteiger partial charge < -0.3 is 30.5 Å². The van der Waals surface area contributed by atoms with Crippen molar-refractivity contribution in [2.75, 3.05) is 48.9 Å². The number of nitrogens with one attached hydrogen (secondary N) is 3. The fourth-order valence-electron chi connectivity index (χ4n) is 5.82. The highest BCUT2D eigenvalue weighted by Gasteiger charge is 2.55. The van der Waals surface area contributed by atoms with E-state index in [-0.39, 0.29) is 17.2 Å². The van der Waals surface area contributed by atoms with Crippen molar-refractivity contribution >= 4 is 35.0 Å². The van der Waals surface area contributed by atoms with Crippen molar-refractivity contribution in [3.8, 4) is 5.75 Å². The lowest BCUT2D eigenvalue weighted by molar-refractivity contribution is -0.122. The third-order valence-corrected chi connectivity index (χ3v) is 8.30. The van der Waals surface area contributed by atoms with E-state index in [4.69, 9.17) is 9.72 Å². The first-order valence-corrected chi connectivity index (χ1v) is 13.7. The molecule has 10 heteroatoms. The summed E-state index contributed by atoms with van der Waals surface area (Å²) >= 11 is 0. The van der Waals surface area contributed by atoms with Gasteiger partial charge in [0.05, 0.1) is 24.4 Å². The van der Waals surface area contributed by atoms with Crippen LogP contribution in [-0.4, -0.2) is 61.6 Å².